The Bertz CT molecular complexity index is 2800. The zero-order chi connectivity index (χ0) is 32.3. The first-order valence-electron chi connectivity index (χ1n) is 16.5. The van der Waals surface area contributed by atoms with Crippen LogP contribution in [0.25, 0.3) is 99.5 Å². The van der Waals surface area contributed by atoms with E-state index in [9.17, 15) is 0 Å². The Morgan fingerprint density at radius 1 is 0.347 bits per heavy atom. The lowest BCUT2D eigenvalue weighted by molar-refractivity contribution is 0.670. The van der Waals surface area contributed by atoms with Crippen LogP contribution in [0.4, 0.5) is 0 Å². The normalized spacial score (nSPS) is 11.7. The number of hydrogen-bond donors (Lipinski definition) is 0. The van der Waals surface area contributed by atoms with Gasteiger partial charge in [-0.05, 0) is 50.0 Å². The predicted molar refractivity (Wildman–Crippen MR) is 201 cm³/mol. The molecule has 10 rings (SSSR count). The van der Waals surface area contributed by atoms with Crippen LogP contribution < -0.4 is 0 Å². The number of para-hydroxylation sites is 1. The Morgan fingerprint density at radius 2 is 0.918 bits per heavy atom. The van der Waals surface area contributed by atoms with Gasteiger partial charge in [0, 0.05) is 33.0 Å². The molecule has 0 unspecified atom stereocenters. The molecule has 0 saturated carbocycles. The van der Waals surface area contributed by atoms with Gasteiger partial charge in [-0.1, -0.05) is 152 Å². The number of fused-ring (bicyclic) bond motifs is 8. The lowest BCUT2D eigenvalue weighted by atomic mass is 9.89. The van der Waals surface area contributed by atoms with Crippen molar-refractivity contribution in [2.75, 3.05) is 0 Å². The van der Waals surface area contributed by atoms with E-state index in [0.717, 1.165) is 49.8 Å². The first kappa shape index (κ1) is 27.5. The zero-order valence-corrected chi connectivity index (χ0v) is 26.3. The van der Waals surface area contributed by atoms with Gasteiger partial charge in [0.1, 0.15) is 11.2 Å². The Kier molecular flexibility index (Phi) is 6.15. The van der Waals surface area contributed by atoms with Crippen LogP contribution in [0.2, 0.25) is 0 Å². The second-order valence-electron chi connectivity index (χ2n) is 12.4. The Hall–Kier alpha value is -6.65. The van der Waals surface area contributed by atoms with Gasteiger partial charge >= 0.3 is 0 Å². The summed E-state index contributed by atoms with van der Waals surface area (Å²) in [5.41, 5.74) is 6.60. The second-order valence-corrected chi connectivity index (χ2v) is 12.4. The summed E-state index contributed by atoms with van der Waals surface area (Å²) in [7, 11) is 0. The number of furan rings is 1. The van der Waals surface area contributed by atoms with E-state index in [2.05, 4.69) is 91.0 Å². The summed E-state index contributed by atoms with van der Waals surface area (Å²) in [6.45, 7) is 0. The van der Waals surface area contributed by atoms with Crippen molar-refractivity contribution in [2.24, 2.45) is 0 Å². The van der Waals surface area contributed by atoms with Crippen molar-refractivity contribution in [3.05, 3.63) is 164 Å². The van der Waals surface area contributed by atoms with Crippen molar-refractivity contribution in [1.82, 2.24) is 15.0 Å². The number of aromatic nitrogens is 3. The van der Waals surface area contributed by atoms with Crippen molar-refractivity contribution in [3.8, 4) is 45.3 Å². The topological polar surface area (TPSA) is 51.8 Å². The molecule has 0 atom stereocenters. The molecule has 49 heavy (non-hydrogen) atoms. The SMILES string of the molecule is c1ccc(-c2nc(-c3ccccc3)nc(-c3cccc4oc5c(-c6cc7ccccc7c7c6ccc6ccccc67)cccc5c34)n2)cc1. The van der Waals surface area contributed by atoms with Crippen LogP contribution >= 0.6 is 0 Å². The predicted octanol–water partition coefficient (Wildman–Crippen LogP) is 11.9. The van der Waals surface area contributed by atoms with Gasteiger partial charge in [-0.25, -0.2) is 15.0 Å². The minimum Gasteiger partial charge on any atom is -0.455 e. The Balaban J connectivity index is 1.25. The van der Waals surface area contributed by atoms with Crippen LogP contribution in [0.1, 0.15) is 0 Å². The molecule has 0 saturated heterocycles. The van der Waals surface area contributed by atoms with Crippen LogP contribution in [0.3, 0.4) is 0 Å². The molecule has 0 bridgehead atoms. The van der Waals surface area contributed by atoms with Crippen molar-refractivity contribution in [1.29, 1.82) is 0 Å². The average Bonchev–Trinajstić information content (AvgIpc) is 3.57. The second kappa shape index (κ2) is 11.0. The molecule has 228 valence electrons. The molecule has 2 aromatic heterocycles. The van der Waals surface area contributed by atoms with E-state index in [-0.39, 0.29) is 0 Å². The molecule has 0 fully saturated rings. The Labute approximate surface area is 282 Å². The molecule has 0 amide bonds. The van der Waals surface area contributed by atoms with E-state index in [4.69, 9.17) is 19.4 Å². The van der Waals surface area contributed by atoms with Crippen LogP contribution in [0.15, 0.2) is 168 Å². The fourth-order valence-corrected chi connectivity index (χ4v) is 7.27. The van der Waals surface area contributed by atoms with E-state index in [1.807, 2.05) is 72.8 Å². The molecule has 4 heteroatoms. The lowest BCUT2D eigenvalue weighted by Crippen LogP contribution is -2.00. The number of benzene rings is 8. The molecule has 0 spiro atoms. The third-order valence-electron chi connectivity index (χ3n) is 9.50. The number of hydrogen-bond acceptors (Lipinski definition) is 4. The summed E-state index contributed by atoms with van der Waals surface area (Å²) >= 11 is 0. The van der Waals surface area contributed by atoms with E-state index >= 15 is 0 Å². The molecule has 10 aromatic rings. The molecule has 4 nitrogen and oxygen atoms in total. The molecular formula is C45H27N3O. The van der Waals surface area contributed by atoms with Crippen molar-refractivity contribution in [2.45, 2.75) is 0 Å². The molecule has 0 aliphatic rings. The smallest absolute Gasteiger partial charge is 0.164 e. The molecular weight excluding hydrogens is 599 g/mol. The molecule has 0 aliphatic carbocycles. The lowest BCUT2D eigenvalue weighted by Gasteiger charge is -2.14. The summed E-state index contributed by atoms with van der Waals surface area (Å²) in [6.07, 6.45) is 0. The zero-order valence-electron chi connectivity index (χ0n) is 26.3. The first-order valence-corrected chi connectivity index (χ1v) is 16.5. The van der Waals surface area contributed by atoms with Gasteiger partial charge in [0.25, 0.3) is 0 Å². The summed E-state index contributed by atoms with van der Waals surface area (Å²) in [5, 5.41) is 9.38. The third kappa shape index (κ3) is 4.42. The highest BCUT2D eigenvalue weighted by Gasteiger charge is 2.21. The summed E-state index contributed by atoms with van der Waals surface area (Å²) < 4.78 is 6.81. The summed E-state index contributed by atoms with van der Waals surface area (Å²) in [6, 6.07) is 56.8. The van der Waals surface area contributed by atoms with Crippen LogP contribution in [-0.4, -0.2) is 15.0 Å². The molecule has 2 heterocycles. The minimum absolute atomic E-state index is 0.606. The first-order chi connectivity index (χ1) is 24.3. The van der Waals surface area contributed by atoms with E-state index in [1.54, 1.807) is 0 Å². The van der Waals surface area contributed by atoms with Crippen LogP contribution in [0.5, 0.6) is 0 Å². The molecule has 8 aromatic carbocycles. The summed E-state index contributed by atoms with van der Waals surface area (Å²) in [5.74, 6) is 1.86. The van der Waals surface area contributed by atoms with Gasteiger partial charge < -0.3 is 4.42 Å². The highest BCUT2D eigenvalue weighted by Crippen LogP contribution is 2.44. The monoisotopic (exact) mass is 625 g/mol. The fourth-order valence-electron chi connectivity index (χ4n) is 7.27. The van der Waals surface area contributed by atoms with Crippen LogP contribution in [0, 0.1) is 0 Å². The third-order valence-corrected chi connectivity index (χ3v) is 9.50. The summed E-state index contributed by atoms with van der Waals surface area (Å²) in [4.78, 5) is 15.0. The van der Waals surface area contributed by atoms with Crippen molar-refractivity contribution >= 4 is 54.3 Å². The van der Waals surface area contributed by atoms with E-state index in [0.29, 0.717) is 17.5 Å². The van der Waals surface area contributed by atoms with Gasteiger partial charge in [0.15, 0.2) is 17.5 Å². The van der Waals surface area contributed by atoms with Crippen molar-refractivity contribution < 1.29 is 4.42 Å². The average molecular weight is 626 g/mol. The minimum atomic E-state index is 0.606. The van der Waals surface area contributed by atoms with Gasteiger partial charge in [-0.15, -0.1) is 0 Å². The van der Waals surface area contributed by atoms with Crippen LogP contribution in [-0.2, 0) is 0 Å². The molecule has 0 aliphatic heterocycles. The molecule has 0 N–H and O–H groups in total. The van der Waals surface area contributed by atoms with Gasteiger partial charge in [-0.3, -0.25) is 0 Å². The fraction of sp³-hybridized carbons (Fsp3) is 0. The number of rotatable bonds is 4. The highest BCUT2D eigenvalue weighted by molar-refractivity contribution is 6.25. The van der Waals surface area contributed by atoms with Crippen molar-refractivity contribution in [3.63, 3.8) is 0 Å². The Morgan fingerprint density at radius 3 is 1.65 bits per heavy atom. The quantitative estimate of drug-likeness (QED) is 0.183. The van der Waals surface area contributed by atoms with E-state index in [1.165, 1.54) is 32.3 Å². The maximum absolute atomic E-state index is 6.81. The number of nitrogens with zero attached hydrogens (tertiary/aromatic N) is 3. The van der Waals surface area contributed by atoms with E-state index < -0.39 is 0 Å². The van der Waals surface area contributed by atoms with Gasteiger partial charge in [-0.2, -0.15) is 0 Å². The highest BCUT2D eigenvalue weighted by atomic mass is 16.3. The largest absolute Gasteiger partial charge is 0.455 e. The van der Waals surface area contributed by atoms with Gasteiger partial charge in [0.2, 0.25) is 0 Å². The maximum Gasteiger partial charge on any atom is 0.164 e. The van der Waals surface area contributed by atoms with Gasteiger partial charge in [0.05, 0.1) is 0 Å². The standard InChI is InChI=1S/C45H27N3O/c1-3-14-29(15-4-1)43-46-44(30-16-5-2-6-17-30)48-45(47-43)37-23-12-24-39-41(37)36-22-11-21-35(42(36)49-39)38-27-31-18-8-10-20-33(31)40-32-19-9-7-13-28(32)25-26-34(38)40/h1-27H. The molecule has 0 radical (unpaired) electrons. The maximum atomic E-state index is 6.81.